The number of ether oxygens (including phenoxy) is 2. The summed E-state index contributed by atoms with van der Waals surface area (Å²) >= 11 is 6.14. The van der Waals surface area contributed by atoms with Gasteiger partial charge < -0.3 is 9.47 Å². The molecule has 2 rings (SSSR count). The van der Waals surface area contributed by atoms with E-state index in [0.29, 0.717) is 22.5 Å². The van der Waals surface area contributed by atoms with Gasteiger partial charge >= 0.3 is 0 Å². The summed E-state index contributed by atoms with van der Waals surface area (Å²) in [6, 6.07) is 5.62. The van der Waals surface area contributed by atoms with Crippen LogP contribution in [0, 0.1) is 13.8 Å². The van der Waals surface area contributed by atoms with Crippen LogP contribution in [0.2, 0.25) is 5.15 Å². The Morgan fingerprint density at radius 1 is 1.10 bits per heavy atom. The largest absolute Gasteiger partial charge is 0.493 e. The van der Waals surface area contributed by atoms with Gasteiger partial charge in [0, 0.05) is 16.8 Å². The first-order valence-electron chi connectivity index (χ1n) is 6.78. The van der Waals surface area contributed by atoms with Gasteiger partial charge in [-0.15, -0.1) is 0 Å². The molecular weight excluding hydrogens is 288 g/mol. The molecule has 0 atom stereocenters. The van der Waals surface area contributed by atoms with E-state index in [1.807, 2.05) is 45.9 Å². The van der Waals surface area contributed by atoms with Crippen LogP contribution in [-0.2, 0) is 0 Å². The van der Waals surface area contributed by atoms with Crippen molar-refractivity contribution in [3.8, 4) is 22.9 Å². The minimum Gasteiger partial charge on any atom is -0.493 e. The predicted octanol–water partition coefficient (Wildman–Crippen LogP) is 4.21. The highest BCUT2D eigenvalue weighted by Gasteiger charge is 2.12. The molecule has 21 heavy (non-hydrogen) atoms. The van der Waals surface area contributed by atoms with Crippen LogP contribution in [-0.4, -0.2) is 23.2 Å². The maximum Gasteiger partial charge on any atom is 0.161 e. The Balaban J connectivity index is 2.46. The van der Waals surface area contributed by atoms with Gasteiger partial charge in [0.15, 0.2) is 17.3 Å². The van der Waals surface area contributed by atoms with Gasteiger partial charge in [0.25, 0.3) is 0 Å². The first kappa shape index (κ1) is 15.6. The molecule has 5 heteroatoms. The Morgan fingerprint density at radius 2 is 1.81 bits per heavy atom. The van der Waals surface area contributed by atoms with Crippen molar-refractivity contribution in [2.24, 2.45) is 0 Å². The van der Waals surface area contributed by atoms with Crippen LogP contribution >= 0.6 is 11.6 Å². The summed E-state index contributed by atoms with van der Waals surface area (Å²) in [5.41, 5.74) is 2.60. The molecule has 1 heterocycles. The highest BCUT2D eigenvalue weighted by atomic mass is 35.5. The molecule has 1 aromatic carbocycles. The zero-order chi connectivity index (χ0) is 15.6. The lowest BCUT2D eigenvalue weighted by molar-refractivity contribution is 0.230. The van der Waals surface area contributed by atoms with Crippen molar-refractivity contribution in [1.82, 2.24) is 9.97 Å². The second kappa shape index (κ2) is 6.31. The fraction of sp³-hybridized carbons (Fsp3) is 0.375. The summed E-state index contributed by atoms with van der Waals surface area (Å²) in [5.74, 6) is 1.93. The van der Waals surface area contributed by atoms with Crippen molar-refractivity contribution in [3.05, 3.63) is 34.6 Å². The molecule has 0 fully saturated rings. The van der Waals surface area contributed by atoms with Crippen molar-refractivity contribution >= 4 is 11.6 Å². The average Bonchev–Trinajstić information content (AvgIpc) is 2.44. The number of aromatic nitrogens is 2. The summed E-state index contributed by atoms with van der Waals surface area (Å²) < 4.78 is 11.1. The lowest BCUT2D eigenvalue weighted by atomic mass is 10.1. The van der Waals surface area contributed by atoms with Crippen LogP contribution in [0.3, 0.4) is 0 Å². The molecule has 1 aromatic heterocycles. The summed E-state index contributed by atoms with van der Waals surface area (Å²) in [4.78, 5) is 8.81. The fourth-order valence-corrected chi connectivity index (χ4v) is 2.10. The van der Waals surface area contributed by atoms with Crippen LogP contribution in [0.4, 0.5) is 0 Å². The molecule has 0 radical (unpaired) electrons. The Labute approximate surface area is 130 Å². The third-order valence-electron chi connectivity index (χ3n) is 3.11. The summed E-state index contributed by atoms with van der Waals surface area (Å²) in [5, 5.41) is 0.471. The molecule has 112 valence electrons. The summed E-state index contributed by atoms with van der Waals surface area (Å²) in [7, 11) is 1.61. The predicted molar refractivity (Wildman–Crippen MR) is 84.3 cm³/mol. The smallest absolute Gasteiger partial charge is 0.161 e. The van der Waals surface area contributed by atoms with Crippen LogP contribution in [0.1, 0.15) is 25.1 Å². The van der Waals surface area contributed by atoms with Gasteiger partial charge in [0.05, 0.1) is 13.2 Å². The third-order valence-corrected chi connectivity index (χ3v) is 3.48. The summed E-state index contributed by atoms with van der Waals surface area (Å²) in [6.07, 6.45) is 0.0806. The van der Waals surface area contributed by atoms with E-state index in [0.717, 1.165) is 16.8 Å². The molecule has 0 spiro atoms. The van der Waals surface area contributed by atoms with Gasteiger partial charge in [0.1, 0.15) is 5.15 Å². The fourth-order valence-electron chi connectivity index (χ4n) is 1.88. The van der Waals surface area contributed by atoms with E-state index < -0.39 is 0 Å². The number of halogens is 1. The molecule has 0 aliphatic carbocycles. The molecule has 0 unspecified atom stereocenters. The number of nitrogens with zero attached hydrogens (tertiary/aromatic N) is 2. The lowest BCUT2D eigenvalue weighted by Crippen LogP contribution is -2.06. The number of aryl methyl sites for hydroxylation is 1. The number of rotatable bonds is 4. The summed E-state index contributed by atoms with van der Waals surface area (Å²) in [6.45, 7) is 7.76. The number of benzene rings is 1. The van der Waals surface area contributed by atoms with E-state index in [1.54, 1.807) is 7.11 Å². The Hall–Kier alpha value is -1.81. The molecule has 2 aromatic rings. The maximum absolute atomic E-state index is 6.14. The van der Waals surface area contributed by atoms with Gasteiger partial charge in [-0.2, -0.15) is 0 Å². The molecule has 0 saturated heterocycles. The normalized spacial score (nSPS) is 10.8. The van der Waals surface area contributed by atoms with E-state index in [-0.39, 0.29) is 6.10 Å². The number of hydrogen-bond acceptors (Lipinski definition) is 4. The molecule has 0 aliphatic heterocycles. The maximum atomic E-state index is 6.14. The topological polar surface area (TPSA) is 44.2 Å². The van der Waals surface area contributed by atoms with Crippen molar-refractivity contribution in [3.63, 3.8) is 0 Å². The minimum absolute atomic E-state index is 0.0806. The molecule has 0 aliphatic rings. The lowest BCUT2D eigenvalue weighted by Gasteiger charge is -2.14. The van der Waals surface area contributed by atoms with E-state index in [2.05, 4.69) is 9.97 Å². The SMILES string of the molecule is COc1cc(-c2nc(C)c(C)c(Cl)n2)ccc1OC(C)C. The average molecular weight is 307 g/mol. The van der Waals surface area contributed by atoms with Crippen molar-refractivity contribution in [2.75, 3.05) is 7.11 Å². The van der Waals surface area contributed by atoms with Crippen molar-refractivity contribution < 1.29 is 9.47 Å². The number of methoxy groups -OCH3 is 1. The van der Waals surface area contributed by atoms with Gasteiger partial charge in [-0.25, -0.2) is 9.97 Å². The monoisotopic (exact) mass is 306 g/mol. The van der Waals surface area contributed by atoms with Gasteiger partial charge in [0.2, 0.25) is 0 Å². The highest BCUT2D eigenvalue weighted by Crippen LogP contribution is 2.32. The first-order chi connectivity index (χ1) is 9.92. The van der Waals surface area contributed by atoms with Gasteiger partial charge in [-0.05, 0) is 45.9 Å². The van der Waals surface area contributed by atoms with Gasteiger partial charge in [-0.3, -0.25) is 0 Å². The van der Waals surface area contributed by atoms with E-state index in [1.165, 1.54) is 0 Å². The van der Waals surface area contributed by atoms with Crippen molar-refractivity contribution in [1.29, 1.82) is 0 Å². The Kier molecular flexibility index (Phi) is 4.68. The zero-order valence-electron chi connectivity index (χ0n) is 12.9. The third kappa shape index (κ3) is 3.45. The van der Waals surface area contributed by atoms with E-state index in [4.69, 9.17) is 21.1 Å². The molecule has 0 N–H and O–H groups in total. The standard InChI is InChI=1S/C16H19ClN2O2/c1-9(2)21-13-7-6-12(8-14(13)20-5)16-18-11(4)10(3)15(17)19-16/h6-9H,1-5H3. The molecule has 0 amide bonds. The highest BCUT2D eigenvalue weighted by molar-refractivity contribution is 6.30. The molecule has 0 bridgehead atoms. The van der Waals surface area contributed by atoms with Crippen LogP contribution in [0.5, 0.6) is 11.5 Å². The molecule has 0 saturated carbocycles. The van der Waals surface area contributed by atoms with E-state index >= 15 is 0 Å². The van der Waals surface area contributed by atoms with Crippen LogP contribution in [0.15, 0.2) is 18.2 Å². The van der Waals surface area contributed by atoms with E-state index in [9.17, 15) is 0 Å². The van der Waals surface area contributed by atoms with Crippen LogP contribution < -0.4 is 9.47 Å². The number of hydrogen-bond donors (Lipinski definition) is 0. The molecule has 4 nitrogen and oxygen atoms in total. The quantitative estimate of drug-likeness (QED) is 0.794. The Bertz CT molecular complexity index is 634. The van der Waals surface area contributed by atoms with Gasteiger partial charge in [-0.1, -0.05) is 11.6 Å². The van der Waals surface area contributed by atoms with Crippen molar-refractivity contribution in [2.45, 2.75) is 33.8 Å². The zero-order valence-corrected chi connectivity index (χ0v) is 13.7. The minimum atomic E-state index is 0.0806. The van der Waals surface area contributed by atoms with Crippen LogP contribution in [0.25, 0.3) is 11.4 Å². The second-order valence-corrected chi connectivity index (χ2v) is 5.44. The molecular formula is C16H19ClN2O2. The second-order valence-electron chi connectivity index (χ2n) is 5.08. The Morgan fingerprint density at radius 3 is 2.38 bits per heavy atom. The first-order valence-corrected chi connectivity index (χ1v) is 7.16.